The van der Waals surface area contributed by atoms with E-state index in [0.717, 1.165) is 18.4 Å². The van der Waals surface area contributed by atoms with Crippen molar-refractivity contribution in [3.8, 4) is 0 Å². The van der Waals surface area contributed by atoms with E-state index in [4.69, 9.17) is 0 Å². The van der Waals surface area contributed by atoms with Crippen LogP contribution in [0.1, 0.15) is 52.9 Å². The minimum atomic E-state index is -0.0964. The zero-order valence-electron chi connectivity index (χ0n) is 12.7. The van der Waals surface area contributed by atoms with Crippen LogP contribution in [0.5, 0.6) is 0 Å². The van der Waals surface area contributed by atoms with Crippen molar-refractivity contribution in [3.05, 3.63) is 0 Å². The van der Waals surface area contributed by atoms with Crippen LogP contribution in [-0.2, 0) is 0 Å². The molecule has 1 heterocycles. The van der Waals surface area contributed by atoms with Gasteiger partial charge in [0, 0.05) is 11.6 Å². The molecule has 0 aromatic rings. The summed E-state index contributed by atoms with van der Waals surface area (Å²) in [6.07, 6.45) is 6.23. The first-order chi connectivity index (χ1) is 8.52. The third-order valence-electron chi connectivity index (χ3n) is 4.88. The molecule has 1 saturated heterocycles. The minimum Gasteiger partial charge on any atom is -0.394 e. The van der Waals surface area contributed by atoms with Gasteiger partial charge in [-0.1, -0.05) is 13.3 Å². The van der Waals surface area contributed by atoms with E-state index in [1.54, 1.807) is 0 Å². The molecule has 1 fully saturated rings. The number of rotatable bonds is 7. The summed E-state index contributed by atoms with van der Waals surface area (Å²) in [6, 6.07) is 0.743. The maximum atomic E-state index is 9.34. The second-order valence-corrected chi connectivity index (χ2v) is 6.32. The highest BCUT2D eigenvalue weighted by Gasteiger charge is 2.24. The fraction of sp³-hybridized carbons (Fsp3) is 1.00. The van der Waals surface area contributed by atoms with Gasteiger partial charge in [-0.05, 0) is 65.6 Å². The van der Waals surface area contributed by atoms with Crippen LogP contribution in [-0.4, -0.2) is 48.3 Å². The van der Waals surface area contributed by atoms with E-state index in [0.29, 0.717) is 0 Å². The highest BCUT2D eigenvalue weighted by atomic mass is 16.3. The summed E-state index contributed by atoms with van der Waals surface area (Å²) >= 11 is 0. The van der Waals surface area contributed by atoms with Crippen LogP contribution in [0, 0.1) is 5.92 Å². The lowest BCUT2D eigenvalue weighted by Crippen LogP contribution is -2.44. The van der Waals surface area contributed by atoms with Crippen molar-refractivity contribution in [2.45, 2.75) is 64.5 Å². The average molecular weight is 256 g/mol. The number of aliphatic hydroxyl groups excluding tert-OH is 1. The second kappa shape index (κ2) is 7.46. The zero-order chi connectivity index (χ0) is 13.6. The molecule has 1 rings (SSSR count). The Morgan fingerprint density at radius 2 is 2.06 bits per heavy atom. The molecule has 0 amide bonds. The lowest BCUT2D eigenvalue weighted by molar-refractivity contribution is 0.109. The lowest BCUT2D eigenvalue weighted by atomic mass is 9.91. The minimum absolute atomic E-state index is 0.0964. The first-order valence-corrected chi connectivity index (χ1v) is 7.56. The molecule has 18 heavy (non-hydrogen) atoms. The van der Waals surface area contributed by atoms with Gasteiger partial charge in [0.05, 0.1) is 6.61 Å². The van der Waals surface area contributed by atoms with Crippen LogP contribution in [0.15, 0.2) is 0 Å². The van der Waals surface area contributed by atoms with Crippen molar-refractivity contribution in [1.29, 1.82) is 0 Å². The second-order valence-electron chi connectivity index (χ2n) is 6.32. The van der Waals surface area contributed by atoms with Crippen LogP contribution >= 0.6 is 0 Å². The van der Waals surface area contributed by atoms with Crippen molar-refractivity contribution >= 4 is 0 Å². The van der Waals surface area contributed by atoms with Gasteiger partial charge in [0.15, 0.2) is 0 Å². The molecule has 3 atom stereocenters. The summed E-state index contributed by atoms with van der Waals surface area (Å²) in [5.74, 6) is 0.846. The quantitative estimate of drug-likeness (QED) is 0.686. The third kappa shape index (κ3) is 4.52. The van der Waals surface area contributed by atoms with Gasteiger partial charge in [-0.15, -0.1) is 0 Å². The maximum Gasteiger partial charge on any atom is 0.0610 e. The normalized spacial score (nSPS) is 29.2. The van der Waals surface area contributed by atoms with Crippen LogP contribution in [0.4, 0.5) is 0 Å². The van der Waals surface area contributed by atoms with Crippen molar-refractivity contribution < 1.29 is 5.11 Å². The van der Waals surface area contributed by atoms with Gasteiger partial charge >= 0.3 is 0 Å². The Balaban J connectivity index is 2.21. The number of nitrogens with one attached hydrogen (secondary N) is 1. The first kappa shape index (κ1) is 15.9. The number of hydrogen-bond acceptors (Lipinski definition) is 3. The molecule has 0 saturated carbocycles. The standard InChI is InChI=1S/C15H32N2O/c1-13-8-7-11-17(14(13)2)10-6-5-9-15(3,12-18)16-4/h13-14,16,18H,5-12H2,1-4H3. The Morgan fingerprint density at radius 3 is 2.67 bits per heavy atom. The molecule has 3 unspecified atom stereocenters. The predicted molar refractivity (Wildman–Crippen MR) is 77.8 cm³/mol. The van der Waals surface area contributed by atoms with Gasteiger partial charge in [-0.3, -0.25) is 0 Å². The fourth-order valence-electron chi connectivity index (χ4n) is 2.85. The van der Waals surface area contributed by atoms with Gasteiger partial charge in [0.2, 0.25) is 0 Å². The number of nitrogens with zero attached hydrogens (tertiary/aromatic N) is 1. The van der Waals surface area contributed by atoms with E-state index >= 15 is 0 Å². The van der Waals surface area contributed by atoms with E-state index < -0.39 is 0 Å². The number of piperidine rings is 1. The Labute approximate surface area is 113 Å². The van der Waals surface area contributed by atoms with Crippen LogP contribution in [0.2, 0.25) is 0 Å². The number of hydrogen-bond donors (Lipinski definition) is 2. The molecule has 0 spiro atoms. The third-order valence-corrected chi connectivity index (χ3v) is 4.88. The summed E-state index contributed by atoms with van der Waals surface area (Å²) < 4.78 is 0. The molecular weight excluding hydrogens is 224 g/mol. The van der Waals surface area contributed by atoms with Crippen molar-refractivity contribution in [3.63, 3.8) is 0 Å². The van der Waals surface area contributed by atoms with E-state index in [1.807, 2.05) is 7.05 Å². The Kier molecular flexibility index (Phi) is 6.61. The van der Waals surface area contributed by atoms with Gasteiger partial charge in [0.25, 0.3) is 0 Å². The summed E-state index contributed by atoms with van der Waals surface area (Å²) in [7, 11) is 1.94. The molecule has 0 bridgehead atoms. The molecule has 0 radical (unpaired) electrons. The van der Waals surface area contributed by atoms with Crippen LogP contribution < -0.4 is 5.32 Å². The van der Waals surface area contributed by atoms with Crippen LogP contribution in [0.25, 0.3) is 0 Å². The van der Waals surface area contributed by atoms with Crippen molar-refractivity contribution in [2.75, 3.05) is 26.7 Å². The van der Waals surface area contributed by atoms with E-state index in [9.17, 15) is 5.11 Å². The topological polar surface area (TPSA) is 35.5 Å². The molecule has 0 aliphatic carbocycles. The predicted octanol–water partition coefficient (Wildman–Crippen LogP) is 2.25. The monoisotopic (exact) mass is 256 g/mol. The van der Waals surface area contributed by atoms with E-state index in [1.165, 1.54) is 38.8 Å². The summed E-state index contributed by atoms with van der Waals surface area (Å²) in [5, 5.41) is 12.6. The molecule has 1 aliphatic rings. The fourth-order valence-corrected chi connectivity index (χ4v) is 2.85. The molecule has 108 valence electrons. The first-order valence-electron chi connectivity index (χ1n) is 7.56. The molecule has 1 aliphatic heterocycles. The summed E-state index contributed by atoms with van der Waals surface area (Å²) in [6.45, 7) is 9.56. The lowest BCUT2D eigenvalue weighted by Gasteiger charge is -2.38. The van der Waals surface area contributed by atoms with Crippen LogP contribution in [0.3, 0.4) is 0 Å². The molecule has 0 aromatic carbocycles. The average Bonchev–Trinajstić information content (AvgIpc) is 2.39. The SMILES string of the molecule is CNC(C)(CO)CCCCN1CCCC(C)C1C. The zero-order valence-corrected chi connectivity index (χ0v) is 12.7. The number of likely N-dealkylation sites (tertiary alicyclic amines) is 1. The number of aliphatic hydroxyl groups is 1. The Morgan fingerprint density at radius 1 is 1.33 bits per heavy atom. The van der Waals surface area contributed by atoms with Gasteiger partial charge in [0.1, 0.15) is 0 Å². The van der Waals surface area contributed by atoms with Gasteiger partial charge in [-0.25, -0.2) is 0 Å². The summed E-state index contributed by atoms with van der Waals surface area (Å²) in [5.41, 5.74) is -0.0964. The summed E-state index contributed by atoms with van der Waals surface area (Å²) in [4.78, 5) is 2.64. The van der Waals surface area contributed by atoms with Crippen molar-refractivity contribution in [1.82, 2.24) is 10.2 Å². The van der Waals surface area contributed by atoms with Gasteiger partial charge < -0.3 is 15.3 Å². The molecule has 2 N–H and O–H groups in total. The Hall–Kier alpha value is -0.120. The smallest absolute Gasteiger partial charge is 0.0610 e. The molecule has 3 heteroatoms. The van der Waals surface area contributed by atoms with Crippen molar-refractivity contribution in [2.24, 2.45) is 5.92 Å². The van der Waals surface area contributed by atoms with Gasteiger partial charge in [-0.2, -0.15) is 0 Å². The molecule has 3 nitrogen and oxygen atoms in total. The number of unbranched alkanes of at least 4 members (excludes halogenated alkanes) is 1. The van der Waals surface area contributed by atoms with E-state index in [2.05, 4.69) is 31.0 Å². The highest BCUT2D eigenvalue weighted by Crippen LogP contribution is 2.23. The Bertz CT molecular complexity index is 229. The largest absolute Gasteiger partial charge is 0.394 e. The van der Waals surface area contributed by atoms with E-state index in [-0.39, 0.29) is 12.1 Å². The molecule has 0 aromatic heterocycles. The highest BCUT2D eigenvalue weighted by molar-refractivity contribution is 4.81. The maximum absolute atomic E-state index is 9.34. The number of likely N-dealkylation sites (N-methyl/N-ethyl adjacent to an activating group) is 1. The molecular formula is C15H32N2O.